The molecule has 6 nitrogen and oxygen atoms in total. The maximum atomic E-state index is 13.1. The lowest BCUT2D eigenvalue weighted by molar-refractivity contribution is -0.137. The molecule has 1 unspecified atom stereocenters. The molecule has 0 spiro atoms. The number of carbonyl (C=O) groups excluding carboxylic acids is 2. The van der Waals surface area contributed by atoms with Gasteiger partial charge in [-0.2, -0.15) is 13.2 Å². The number of nitrogens with two attached hydrogens (primary N) is 1. The van der Waals surface area contributed by atoms with E-state index in [2.05, 4.69) is 10.3 Å². The summed E-state index contributed by atoms with van der Waals surface area (Å²) < 4.78 is 40.8. The molecule has 0 bridgehead atoms. The van der Waals surface area contributed by atoms with Gasteiger partial charge in [-0.05, 0) is 30.5 Å². The fourth-order valence-corrected chi connectivity index (χ4v) is 3.74. The fourth-order valence-electron chi connectivity index (χ4n) is 2.61. The minimum atomic E-state index is -4.45. The van der Waals surface area contributed by atoms with Crippen LogP contribution < -0.4 is 11.1 Å². The molecule has 0 aliphatic carbocycles. The Labute approximate surface area is 158 Å². The smallest absolute Gasteiger partial charge is 0.351 e. The number of urea groups is 1. The second kappa shape index (κ2) is 8.20. The lowest BCUT2D eigenvalue weighted by atomic mass is 10.1. The molecule has 0 fully saturated rings. The molecule has 2 aromatic rings. The summed E-state index contributed by atoms with van der Waals surface area (Å²) in [5, 5.41) is 1.80. The lowest BCUT2D eigenvalue weighted by Gasteiger charge is -2.19. The first kappa shape index (κ1) is 21.1. The van der Waals surface area contributed by atoms with Crippen molar-refractivity contribution in [2.24, 2.45) is 11.7 Å². The molecule has 27 heavy (non-hydrogen) atoms. The number of amides is 3. The second-order valence-corrected chi connectivity index (χ2v) is 7.49. The van der Waals surface area contributed by atoms with Crippen molar-refractivity contribution in [1.82, 2.24) is 14.9 Å². The summed E-state index contributed by atoms with van der Waals surface area (Å²) in [7, 11) is 0. The molecule has 3 amide bonds. The predicted octanol–water partition coefficient (Wildman–Crippen LogP) is 3.78. The van der Waals surface area contributed by atoms with Crippen LogP contribution >= 0.6 is 11.8 Å². The number of halogens is 3. The van der Waals surface area contributed by atoms with Gasteiger partial charge in [-0.25, -0.2) is 9.78 Å². The van der Waals surface area contributed by atoms with Crippen molar-refractivity contribution in [3.63, 3.8) is 0 Å². The van der Waals surface area contributed by atoms with Crippen LogP contribution in [0.2, 0.25) is 0 Å². The summed E-state index contributed by atoms with van der Waals surface area (Å²) >= 11 is 1.10. The van der Waals surface area contributed by atoms with Crippen LogP contribution in [-0.4, -0.2) is 26.7 Å². The van der Waals surface area contributed by atoms with Gasteiger partial charge < -0.3 is 10.3 Å². The fraction of sp³-hybridized carbons (Fsp3) is 0.471. The maximum absolute atomic E-state index is 13.1. The Kier molecular flexibility index (Phi) is 6.40. The van der Waals surface area contributed by atoms with E-state index in [0.717, 1.165) is 23.9 Å². The summed E-state index contributed by atoms with van der Waals surface area (Å²) in [6, 6.07) is 2.42. The Balaban J connectivity index is 2.48. The Morgan fingerprint density at radius 2 is 2.00 bits per heavy atom. The number of aryl methyl sites for hydroxylation is 1. The quantitative estimate of drug-likeness (QED) is 0.720. The number of aromatic nitrogens is 2. The molecule has 3 N–H and O–H groups in total. The number of primary amides is 1. The summed E-state index contributed by atoms with van der Waals surface area (Å²) in [4.78, 5) is 27.6. The molecule has 0 aliphatic heterocycles. The van der Waals surface area contributed by atoms with Crippen molar-refractivity contribution in [2.75, 3.05) is 0 Å². The minimum Gasteiger partial charge on any atom is -0.351 e. The van der Waals surface area contributed by atoms with E-state index in [9.17, 15) is 22.8 Å². The number of nitrogens with zero attached hydrogens (tertiary/aromatic N) is 2. The summed E-state index contributed by atoms with van der Waals surface area (Å²) in [5.41, 5.74) is 5.03. The van der Waals surface area contributed by atoms with Crippen molar-refractivity contribution in [3.8, 4) is 0 Å². The van der Waals surface area contributed by atoms with Gasteiger partial charge in [0, 0.05) is 6.54 Å². The van der Waals surface area contributed by atoms with Crippen LogP contribution in [0.4, 0.5) is 18.0 Å². The van der Waals surface area contributed by atoms with Gasteiger partial charge in [0.25, 0.3) is 0 Å². The van der Waals surface area contributed by atoms with Crippen LogP contribution in [0, 0.1) is 5.92 Å². The van der Waals surface area contributed by atoms with Gasteiger partial charge in [0.15, 0.2) is 5.16 Å². The van der Waals surface area contributed by atoms with E-state index in [4.69, 9.17) is 5.73 Å². The Morgan fingerprint density at radius 3 is 2.52 bits per heavy atom. The van der Waals surface area contributed by atoms with Crippen LogP contribution in [0.5, 0.6) is 0 Å². The molecule has 0 saturated heterocycles. The largest absolute Gasteiger partial charge is 0.416 e. The van der Waals surface area contributed by atoms with E-state index in [-0.39, 0.29) is 5.92 Å². The van der Waals surface area contributed by atoms with Crippen molar-refractivity contribution in [2.45, 2.75) is 50.3 Å². The molecule has 0 saturated carbocycles. The number of alkyl halides is 3. The van der Waals surface area contributed by atoms with E-state index in [1.54, 1.807) is 18.4 Å². The zero-order valence-corrected chi connectivity index (χ0v) is 15.9. The molecule has 148 valence electrons. The van der Waals surface area contributed by atoms with Crippen molar-refractivity contribution >= 4 is 34.7 Å². The third-order valence-corrected chi connectivity index (χ3v) is 5.37. The van der Waals surface area contributed by atoms with E-state index in [1.165, 1.54) is 6.07 Å². The standard InChI is InChI=1S/C17H21F3N4O2S/c1-4-7-24-12-8-10(17(18,19)20)5-6-11(12)22-16(24)27-13(9(2)3)14(25)23-15(21)26/h5-6,8-9,13H,4,7H2,1-3H3,(H3,21,23,25,26). The number of imide groups is 1. The second-order valence-electron chi connectivity index (χ2n) is 6.38. The third-order valence-electron chi connectivity index (χ3n) is 3.83. The molecule has 0 radical (unpaired) electrons. The predicted molar refractivity (Wildman–Crippen MR) is 97.2 cm³/mol. The Hall–Kier alpha value is -2.23. The highest BCUT2D eigenvalue weighted by Crippen LogP contribution is 2.35. The zero-order chi connectivity index (χ0) is 20.4. The minimum absolute atomic E-state index is 0.157. The highest BCUT2D eigenvalue weighted by Gasteiger charge is 2.32. The van der Waals surface area contributed by atoms with Gasteiger partial charge in [-0.1, -0.05) is 32.5 Å². The van der Waals surface area contributed by atoms with Crippen molar-refractivity contribution < 1.29 is 22.8 Å². The van der Waals surface area contributed by atoms with Gasteiger partial charge in [0.1, 0.15) is 0 Å². The highest BCUT2D eigenvalue weighted by molar-refractivity contribution is 8.00. The van der Waals surface area contributed by atoms with Crippen LogP contribution in [0.25, 0.3) is 11.0 Å². The number of imidazole rings is 1. The third kappa shape index (κ3) is 4.94. The molecule has 1 aromatic carbocycles. The first-order chi connectivity index (χ1) is 12.5. The van der Waals surface area contributed by atoms with Crippen LogP contribution in [0.15, 0.2) is 23.4 Å². The van der Waals surface area contributed by atoms with Gasteiger partial charge in [0.2, 0.25) is 5.91 Å². The van der Waals surface area contributed by atoms with Gasteiger partial charge >= 0.3 is 12.2 Å². The van der Waals surface area contributed by atoms with Gasteiger partial charge in [0.05, 0.1) is 21.8 Å². The first-order valence-electron chi connectivity index (χ1n) is 8.39. The molecule has 1 aromatic heterocycles. The molecule has 1 atom stereocenters. The van der Waals surface area contributed by atoms with Crippen LogP contribution in [-0.2, 0) is 17.5 Å². The molecule has 10 heteroatoms. The number of thioether (sulfide) groups is 1. The topological polar surface area (TPSA) is 90.0 Å². The van der Waals surface area contributed by atoms with E-state index < -0.39 is 28.9 Å². The maximum Gasteiger partial charge on any atom is 0.416 e. The Morgan fingerprint density at radius 1 is 1.33 bits per heavy atom. The zero-order valence-electron chi connectivity index (χ0n) is 15.1. The lowest BCUT2D eigenvalue weighted by Crippen LogP contribution is -2.42. The van der Waals surface area contributed by atoms with Crippen molar-refractivity contribution in [1.29, 1.82) is 0 Å². The molecule has 1 heterocycles. The number of hydrogen-bond donors (Lipinski definition) is 2. The number of carbonyl (C=O) groups is 2. The number of benzene rings is 1. The van der Waals surface area contributed by atoms with Gasteiger partial charge in [-0.3, -0.25) is 10.1 Å². The SMILES string of the molecule is CCCn1c(SC(C(=O)NC(N)=O)C(C)C)nc2ccc(C(F)(F)F)cc21. The average Bonchev–Trinajstić information content (AvgIpc) is 2.88. The summed E-state index contributed by atoms with van der Waals surface area (Å²) in [5.74, 6) is -0.719. The Bertz CT molecular complexity index is 849. The number of hydrogen-bond acceptors (Lipinski definition) is 4. The monoisotopic (exact) mass is 402 g/mol. The summed E-state index contributed by atoms with van der Waals surface area (Å²) in [6.07, 6.45) is -3.78. The summed E-state index contributed by atoms with van der Waals surface area (Å²) in [6.45, 7) is 5.94. The average molecular weight is 402 g/mol. The van der Waals surface area contributed by atoms with Crippen LogP contribution in [0.1, 0.15) is 32.8 Å². The van der Waals surface area contributed by atoms with Gasteiger partial charge in [-0.15, -0.1) is 0 Å². The number of nitrogens with one attached hydrogen (secondary N) is 1. The van der Waals surface area contributed by atoms with Crippen molar-refractivity contribution in [3.05, 3.63) is 23.8 Å². The van der Waals surface area contributed by atoms with E-state index >= 15 is 0 Å². The first-order valence-corrected chi connectivity index (χ1v) is 9.27. The molecule has 2 rings (SSSR count). The number of rotatable bonds is 6. The van der Waals surface area contributed by atoms with E-state index in [0.29, 0.717) is 29.2 Å². The highest BCUT2D eigenvalue weighted by atomic mass is 32.2. The van der Waals surface area contributed by atoms with Crippen LogP contribution in [0.3, 0.4) is 0 Å². The molecular formula is C17H21F3N4O2S. The molecule has 0 aliphatic rings. The number of fused-ring (bicyclic) bond motifs is 1. The van der Waals surface area contributed by atoms with E-state index in [1.807, 2.05) is 6.92 Å². The normalized spacial score (nSPS) is 13.1. The molecular weight excluding hydrogens is 381 g/mol.